The summed E-state index contributed by atoms with van der Waals surface area (Å²) in [4.78, 5) is 16.6. The van der Waals surface area contributed by atoms with Gasteiger partial charge in [0.15, 0.2) is 5.78 Å². The molecule has 0 saturated carbocycles. The van der Waals surface area contributed by atoms with Crippen molar-refractivity contribution in [1.29, 1.82) is 0 Å². The molecule has 3 rings (SSSR count). The number of hydrogen-bond donors (Lipinski definition) is 0. The fraction of sp³-hybridized carbons (Fsp3) is 0.194. The molecule has 0 bridgehead atoms. The van der Waals surface area contributed by atoms with Gasteiger partial charge in [-0.15, -0.1) is 0 Å². The number of hydrogen-bond acceptors (Lipinski definition) is 3. The molecule has 3 heteroatoms. The fourth-order valence-corrected chi connectivity index (χ4v) is 4.11. The molecule has 3 nitrogen and oxygen atoms in total. The van der Waals surface area contributed by atoms with Gasteiger partial charge in [0, 0.05) is 11.6 Å². The van der Waals surface area contributed by atoms with Gasteiger partial charge < -0.3 is 9.64 Å². The van der Waals surface area contributed by atoms with Gasteiger partial charge in [-0.25, -0.2) is 0 Å². The van der Waals surface area contributed by atoms with Crippen molar-refractivity contribution in [2.24, 2.45) is 0 Å². The van der Waals surface area contributed by atoms with Crippen LogP contribution in [0.2, 0.25) is 0 Å². The smallest absolute Gasteiger partial charge is 0.177 e. The maximum atomic E-state index is 14.4. The summed E-state index contributed by atoms with van der Waals surface area (Å²) in [6.07, 6.45) is 5.82. The number of carbonyl (C=O) groups is 1. The van der Waals surface area contributed by atoms with Crippen molar-refractivity contribution in [2.75, 3.05) is 14.1 Å². The van der Waals surface area contributed by atoms with E-state index in [0.29, 0.717) is 23.5 Å². The van der Waals surface area contributed by atoms with E-state index in [9.17, 15) is 4.79 Å². The normalized spacial score (nSPS) is 12.5. The van der Waals surface area contributed by atoms with Crippen LogP contribution in [0.3, 0.4) is 0 Å². The lowest BCUT2D eigenvalue weighted by Crippen LogP contribution is -2.43. The largest absolute Gasteiger partial charge is 0.458 e. The Morgan fingerprint density at radius 1 is 0.941 bits per heavy atom. The highest BCUT2D eigenvalue weighted by atomic mass is 16.5. The molecule has 0 heterocycles. The zero-order valence-electron chi connectivity index (χ0n) is 20.3. The van der Waals surface area contributed by atoms with Crippen LogP contribution in [-0.4, -0.2) is 30.8 Å². The number of ketones is 1. The quantitative estimate of drug-likeness (QED) is 0.182. The van der Waals surface area contributed by atoms with Gasteiger partial charge >= 0.3 is 0 Å². The monoisotopic (exact) mass is 451 g/mol. The van der Waals surface area contributed by atoms with Crippen LogP contribution in [0.25, 0.3) is 0 Å². The molecule has 3 aromatic rings. The Balaban J connectivity index is 2.09. The minimum Gasteiger partial charge on any atom is -0.458 e. The van der Waals surface area contributed by atoms with E-state index in [1.165, 1.54) is 0 Å². The number of carbonyl (C=O) groups excluding carboxylic acids is 1. The van der Waals surface area contributed by atoms with Crippen molar-refractivity contribution in [3.63, 3.8) is 0 Å². The van der Waals surface area contributed by atoms with Crippen molar-refractivity contribution >= 4 is 5.78 Å². The Bertz CT molecular complexity index is 1090. The third-order valence-electron chi connectivity index (χ3n) is 6.19. The van der Waals surface area contributed by atoms with Crippen LogP contribution in [0.4, 0.5) is 0 Å². The standard InChI is InChI=1S/C31H33NO2/c1-6-7-14-25(3)34-29-21-19-26(20-22-29)30(33)31(23-24(2)32(4)5,27-15-10-8-11-16-27)28-17-12-9-13-18-28/h6-22,24H,1,3,23H2,2,4-5H3/b14-7-/t24-/m0/s1. The van der Waals surface area contributed by atoms with E-state index < -0.39 is 5.41 Å². The molecule has 0 aliphatic heterocycles. The van der Waals surface area contributed by atoms with E-state index >= 15 is 0 Å². The average molecular weight is 452 g/mol. The summed E-state index contributed by atoms with van der Waals surface area (Å²) in [5.41, 5.74) is 1.79. The first kappa shape index (κ1) is 24.9. The number of rotatable bonds is 11. The van der Waals surface area contributed by atoms with Gasteiger partial charge in [0.2, 0.25) is 0 Å². The van der Waals surface area contributed by atoms with Gasteiger partial charge in [0.05, 0.1) is 5.41 Å². The Kier molecular flexibility index (Phi) is 8.39. The first-order valence-electron chi connectivity index (χ1n) is 11.5. The Morgan fingerprint density at radius 2 is 1.47 bits per heavy atom. The van der Waals surface area contributed by atoms with Crippen LogP contribution in [0.15, 0.2) is 122 Å². The maximum absolute atomic E-state index is 14.4. The average Bonchev–Trinajstić information content (AvgIpc) is 2.87. The third kappa shape index (κ3) is 5.62. The third-order valence-corrected chi connectivity index (χ3v) is 6.19. The van der Waals surface area contributed by atoms with Gasteiger partial charge in [-0.2, -0.15) is 0 Å². The summed E-state index contributed by atoms with van der Waals surface area (Å²) in [7, 11) is 4.10. The highest BCUT2D eigenvalue weighted by Crippen LogP contribution is 2.41. The summed E-state index contributed by atoms with van der Waals surface area (Å²) in [5.74, 6) is 1.19. The lowest BCUT2D eigenvalue weighted by atomic mass is 9.66. The molecular formula is C31H33NO2. The Morgan fingerprint density at radius 3 is 1.94 bits per heavy atom. The predicted molar refractivity (Wildman–Crippen MR) is 141 cm³/mol. The molecule has 0 saturated heterocycles. The van der Waals surface area contributed by atoms with Gasteiger partial charge in [-0.1, -0.05) is 86.0 Å². The molecule has 0 N–H and O–H groups in total. The van der Waals surface area contributed by atoms with Crippen LogP contribution in [0.5, 0.6) is 5.75 Å². The first-order chi connectivity index (χ1) is 16.4. The van der Waals surface area contributed by atoms with Crippen molar-refractivity contribution in [2.45, 2.75) is 24.8 Å². The molecular weight excluding hydrogens is 418 g/mol. The van der Waals surface area contributed by atoms with Crippen molar-refractivity contribution < 1.29 is 9.53 Å². The van der Waals surface area contributed by atoms with Crippen LogP contribution >= 0.6 is 0 Å². The zero-order valence-corrected chi connectivity index (χ0v) is 20.3. The molecule has 0 aromatic heterocycles. The molecule has 1 atom stereocenters. The summed E-state index contributed by atoms with van der Waals surface area (Å²) >= 11 is 0. The molecule has 0 spiro atoms. The van der Waals surface area contributed by atoms with E-state index in [0.717, 1.165) is 11.1 Å². The SMILES string of the molecule is C=C/C=C\C(=C)Oc1ccc(C(=O)C(C[C@H](C)N(C)C)(c2ccccc2)c2ccccc2)cc1. The molecule has 0 fully saturated rings. The number of ether oxygens (including phenoxy) is 1. The predicted octanol–water partition coefficient (Wildman–Crippen LogP) is 6.83. The molecule has 0 unspecified atom stereocenters. The minimum absolute atomic E-state index is 0.0653. The zero-order chi connectivity index (χ0) is 24.6. The Hall–Kier alpha value is -3.69. The maximum Gasteiger partial charge on any atom is 0.177 e. The highest BCUT2D eigenvalue weighted by molar-refractivity contribution is 6.06. The topological polar surface area (TPSA) is 29.5 Å². The van der Waals surface area contributed by atoms with Crippen molar-refractivity contribution in [1.82, 2.24) is 4.90 Å². The van der Waals surface area contributed by atoms with E-state index in [4.69, 9.17) is 4.74 Å². The van der Waals surface area contributed by atoms with E-state index in [1.807, 2.05) is 60.7 Å². The molecule has 34 heavy (non-hydrogen) atoms. The van der Waals surface area contributed by atoms with E-state index in [-0.39, 0.29) is 11.8 Å². The number of Topliss-reactive ketones (excluding diaryl/α,β-unsaturated/α-hetero) is 1. The van der Waals surface area contributed by atoms with Crippen LogP contribution < -0.4 is 4.74 Å². The summed E-state index contributed by atoms with van der Waals surface area (Å²) in [5, 5.41) is 0. The number of allylic oxidation sites excluding steroid dienone is 3. The lowest BCUT2D eigenvalue weighted by Gasteiger charge is -2.38. The summed E-state index contributed by atoms with van der Waals surface area (Å²) < 4.78 is 5.76. The van der Waals surface area contributed by atoms with E-state index in [2.05, 4.69) is 63.3 Å². The van der Waals surface area contributed by atoms with Gasteiger partial charge in [0.1, 0.15) is 11.5 Å². The first-order valence-corrected chi connectivity index (χ1v) is 11.5. The summed E-state index contributed by atoms with van der Waals surface area (Å²) in [6.45, 7) is 9.70. The van der Waals surface area contributed by atoms with E-state index in [1.54, 1.807) is 18.2 Å². The van der Waals surface area contributed by atoms with Gasteiger partial charge in [-0.3, -0.25) is 4.79 Å². The molecule has 174 valence electrons. The number of nitrogens with zero attached hydrogens (tertiary/aromatic N) is 1. The molecule has 0 aliphatic rings. The van der Waals surface area contributed by atoms with Gasteiger partial charge in [-0.05, 0) is 68.9 Å². The Labute approximate surface area is 203 Å². The van der Waals surface area contributed by atoms with Crippen LogP contribution in [0, 0.1) is 0 Å². The molecule has 0 aliphatic carbocycles. The lowest BCUT2D eigenvalue weighted by molar-refractivity contribution is 0.0882. The second-order valence-corrected chi connectivity index (χ2v) is 8.67. The minimum atomic E-state index is -0.828. The van der Waals surface area contributed by atoms with Crippen LogP contribution in [-0.2, 0) is 5.41 Å². The molecule has 0 amide bonds. The second-order valence-electron chi connectivity index (χ2n) is 8.67. The molecule has 0 radical (unpaired) electrons. The van der Waals surface area contributed by atoms with Crippen molar-refractivity contribution in [3.05, 3.63) is 139 Å². The van der Waals surface area contributed by atoms with Gasteiger partial charge in [0.25, 0.3) is 0 Å². The second kappa shape index (κ2) is 11.4. The highest BCUT2D eigenvalue weighted by Gasteiger charge is 2.43. The fourth-order valence-electron chi connectivity index (χ4n) is 4.11. The van der Waals surface area contributed by atoms with Crippen LogP contribution in [0.1, 0.15) is 34.8 Å². The van der Waals surface area contributed by atoms with Crippen molar-refractivity contribution in [3.8, 4) is 5.75 Å². The number of benzene rings is 3. The summed E-state index contributed by atoms with van der Waals surface area (Å²) in [6, 6.07) is 27.7. The molecule has 3 aromatic carbocycles.